The molecule has 23 heavy (non-hydrogen) atoms. The first-order chi connectivity index (χ1) is 10.8. The molecule has 7 heteroatoms. The van der Waals surface area contributed by atoms with E-state index in [0.717, 1.165) is 17.5 Å². The summed E-state index contributed by atoms with van der Waals surface area (Å²) in [5, 5.41) is 3.10. The summed E-state index contributed by atoms with van der Waals surface area (Å²) in [5.41, 5.74) is 0.0367. The van der Waals surface area contributed by atoms with Crippen molar-refractivity contribution in [2.24, 2.45) is 4.99 Å². The molecule has 1 amide bonds. The molecule has 0 radical (unpaired) electrons. The largest absolute Gasteiger partial charge is 0.494 e. The van der Waals surface area contributed by atoms with Gasteiger partial charge >= 0.3 is 5.97 Å². The number of thioether (sulfide) groups is 1. The number of hydrogen-bond acceptors (Lipinski definition) is 6. The van der Waals surface area contributed by atoms with Gasteiger partial charge in [-0.3, -0.25) is 4.79 Å². The highest BCUT2D eigenvalue weighted by molar-refractivity contribution is 8.17. The monoisotopic (exact) mass is 334 g/mol. The van der Waals surface area contributed by atoms with Crippen molar-refractivity contribution in [1.82, 2.24) is 5.32 Å². The third-order valence-corrected chi connectivity index (χ3v) is 4.84. The van der Waals surface area contributed by atoms with Crippen LogP contribution < -0.4 is 10.1 Å². The number of nitrogens with one attached hydrogen (secondary N) is 1. The second kappa shape index (κ2) is 5.56. The van der Waals surface area contributed by atoms with Gasteiger partial charge in [0.05, 0.1) is 12.3 Å². The molecule has 0 aliphatic carbocycles. The van der Waals surface area contributed by atoms with E-state index in [2.05, 4.69) is 10.3 Å². The van der Waals surface area contributed by atoms with E-state index in [1.54, 1.807) is 26.0 Å². The van der Waals surface area contributed by atoms with Crippen molar-refractivity contribution in [2.45, 2.75) is 37.5 Å². The highest BCUT2D eigenvalue weighted by Gasteiger charge is 2.62. The molecule has 2 aliphatic rings. The predicted molar refractivity (Wildman–Crippen MR) is 88.0 cm³/mol. The van der Waals surface area contributed by atoms with Crippen molar-refractivity contribution in [2.75, 3.05) is 6.61 Å². The van der Waals surface area contributed by atoms with Crippen molar-refractivity contribution in [3.8, 4) is 5.75 Å². The SMILES string of the molecule is CCOc1ccc(N=C2NC(=O)C3(CC(C)(C)OC3=O)S2)cc1. The summed E-state index contributed by atoms with van der Waals surface area (Å²) in [4.78, 5) is 28.9. The zero-order valence-corrected chi connectivity index (χ0v) is 14.0. The van der Waals surface area contributed by atoms with Crippen molar-refractivity contribution >= 4 is 34.5 Å². The highest BCUT2D eigenvalue weighted by atomic mass is 32.2. The van der Waals surface area contributed by atoms with Gasteiger partial charge in [0.2, 0.25) is 4.75 Å². The maximum Gasteiger partial charge on any atom is 0.333 e. The van der Waals surface area contributed by atoms with E-state index in [4.69, 9.17) is 9.47 Å². The molecule has 2 heterocycles. The van der Waals surface area contributed by atoms with Crippen LogP contribution in [0, 0.1) is 0 Å². The summed E-state index contributed by atoms with van der Waals surface area (Å²) in [6, 6.07) is 7.22. The van der Waals surface area contributed by atoms with E-state index in [1.165, 1.54) is 0 Å². The average Bonchev–Trinajstić information content (AvgIpc) is 2.89. The van der Waals surface area contributed by atoms with Crippen molar-refractivity contribution in [1.29, 1.82) is 0 Å². The number of amidine groups is 1. The lowest BCUT2D eigenvalue weighted by Gasteiger charge is -2.15. The first kappa shape index (κ1) is 15.9. The van der Waals surface area contributed by atoms with E-state index >= 15 is 0 Å². The van der Waals surface area contributed by atoms with Crippen LogP contribution in [0.15, 0.2) is 29.3 Å². The van der Waals surface area contributed by atoms with Crippen LogP contribution in [0.25, 0.3) is 0 Å². The highest BCUT2D eigenvalue weighted by Crippen LogP contribution is 2.46. The van der Waals surface area contributed by atoms with Gasteiger partial charge in [-0.05, 0) is 45.0 Å². The minimum absolute atomic E-state index is 0.331. The number of benzene rings is 1. The molecule has 1 atom stereocenters. The Morgan fingerprint density at radius 2 is 2.00 bits per heavy atom. The van der Waals surface area contributed by atoms with Crippen LogP contribution in [0.2, 0.25) is 0 Å². The molecule has 2 saturated heterocycles. The maximum absolute atomic E-state index is 12.3. The van der Waals surface area contributed by atoms with Crippen LogP contribution in [0.5, 0.6) is 5.75 Å². The zero-order valence-electron chi connectivity index (χ0n) is 13.2. The topological polar surface area (TPSA) is 77.0 Å². The van der Waals surface area contributed by atoms with Gasteiger partial charge in [0, 0.05) is 6.42 Å². The van der Waals surface area contributed by atoms with Crippen molar-refractivity contribution < 1.29 is 19.1 Å². The first-order valence-corrected chi connectivity index (χ1v) is 8.22. The van der Waals surface area contributed by atoms with Gasteiger partial charge in [-0.2, -0.15) is 0 Å². The van der Waals surface area contributed by atoms with E-state index in [-0.39, 0.29) is 5.91 Å². The minimum atomic E-state index is -1.21. The van der Waals surface area contributed by atoms with E-state index < -0.39 is 16.3 Å². The molecule has 2 aliphatic heterocycles. The smallest absolute Gasteiger partial charge is 0.333 e. The summed E-state index contributed by atoms with van der Waals surface area (Å²) in [6.07, 6.45) is 0.331. The third kappa shape index (κ3) is 2.93. The van der Waals surface area contributed by atoms with Crippen LogP contribution in [-0.2, 0) is 14.3 Å². The normalized spacial score (nSPS) is 27.3. The van der Waals surface area contributed by atoms with Gasteiger partial charge in [-0.15, -0.1) is 0 Å². The fourth-order valence-corrected chi connectivity index (χ4v) is 3.99. The average molecular weight is 334 g/mol. The van der Waals surface area contributed by atoms with Gasteiger partial charge < -0.3 is 14.8 Å². The number of carbonyl (C=O) groups excluding carboxylic acids is 2. The number of hydrogen-bond donors (Lipinski definition) is 1. The lowest BCUT2D eigenvalue weighted by atomic mass is 9.96. The van der Waals surface area contributed by atoms with Crippen LogP contribution in [-0.4, -0.2) is 34.0 Å². The lowest BCUT2D eigenvalue weighted by molar-refractivity contribution is -0.148. The number of esters is 1. The lowest BCUT2D eigenvalue weighted by Crippen LogP contribution is -2.40. The first-order valence-electron chi connectivity index (χ1n) is 7.40. The Kier molecular flexibility index (Phi) is 3.83. The van der Waals surface area contributed by atoms with Crippen molar-refractivity contribution in [3.63, 3.8) is 0 Å². The number of carbonyl (C=O) groups is 2. The minimum Gasteiger partial charge on any atom is -0.494 e. The van der Waals surface area contributed by atoms with Gasteiger partial charge in [-0.25, -0.2) is 9.79 Å². The van der Waals surface area contributed by atoms with E-state index in [1.807, 2.05) is 19.1 Å². The van der Waals surface area contributed by atoms with Crippen LogP contribution in [0.1, 0.15) is 27.2 Å². The molecule has 6 nitrogen and oxygen atoms in total. The Balaban J connectivity index is 1.81. The standard InChI is InChI=1S/C16H18N2O4S/c1-4-21-11-7-5-10(6-8-11)17-14-18-12(19)16(23-14)9-15(2,3)22-13(16)20/h5-8H,4,9H2,1-3H3,(H,17,18,19). The van der Waals surface area contributed by atoms with E-state index in [9.17, 15) is 9.59 Å². The van der Waals surface area contributed by atoms with Crippen LogP contribution >= 0.6 is 11.8 Å². The van der Waals surface area contributed by atoms with Gasteiger partial charge in [0.15, 0.2) is 5.17 Å². The second-order valence-corrected chi connectivity index (χ2v) is 7.34. The molecule has 3 rings (SSSR count). The molecule has 0 bridgehead atoms. The van der Waals surface area contributed by atoms with Gasteiger partial charge in [0.25, 0.3) is 5.91 Å². The number of amides is 1. The summed E-state index contributed by atoms with van der Waals surface area (Å²) in [7, 11) is 0. The molecular weight excluding hydrogens is 316 g/mol. The summed E-state index contributed by atoms with van der Waals surface area (Å²) in [5.74, 6) is -0.0955. The summed E-state index contributed by atoms with van der Waals surface area (Å²) < 4.78 is 9.47. The Morgan fingerprint density at radius 1 is 1.30 bits per heavy atom. The molecule has 1 N–H and O–H groups in total. The van der Waals surface area contributed by atoms with Gasteiger partial charge in [-0.1, -0.05) is 11.8 Å². The second-order valence-electron chi connectivity index (χ2n) is 6.05. The van der Waals surface area contributed by atoms with Crippen LogP contribution in [0.3, 0.4) is 0 Å². The quantitative estimate of drug-likeness (QED) is 0.678. The molecule has 1 aromatic rings. The fraction of sp³-hybridized carbons (Fsp3) is 0.438. The number of ether oxygens (including phenoxy) is 2. The molecule has 2 fully saturated rings. The number of nitrogens with zero attached hydrogens (tertiary/aromatic N) is 1. The Morgan fingerprint density at radius 3 is 2.57 bits per heavy atom. The fourth-order valence-electron chi connectivity index (χ4n) is 2.68. The molecule has 122 valence electrons. The molecule has 0 aromatic heterocycles. The number of aliphatic imine (C=N–C) groups is 1. The molecule has 1 unspecified atom stereocenters. The summed E-state index contributed by atoms with van der Waals surface area (Å²) >= 11 is 1.13. The Hall–Kier alpha value is -2.02. The predicted octanol–water partition coefficient (Wildman–Crippen LogP) is 2.40. The van der Waals surface area contributed by atoms with Crippen molar-refractivity contribution in [3.05, 3.63) is 24.3 Å². The van der Waals surface area contributed by atoms with Crippen LogP contribution in [0.4, 0.5) is 5.69 Å². The number of cyclic esters (lactones) is 1. The Bertz CT molecular complexity index is 684. The Labute approximate surface area is 138 Å². The summed E-state index contributed by atoms with van der Waals surface area (Å²) in [6.45, 7) is 6.12. The molecule has 0 saturated carbocycles. The maximum atomic E-state index is 12.3. The molecule has 1 spiro atoms. The molecular formula is C16H18N2O4S. The van der Waals surface area contributed by atoms with E-state index in [0.29, 0.717) is 23.9 Å². The number of rotatable bonds is 3. The zero-order chi connectivity index (χ0) is 16.7. The third-order valence-electron chi connectivity index (χ3n) is 3.61. The molecule has 1 aromatic carbocycles. The van der Waals surface area contributed by atoms with Gasteiger partial charge in [0.1, 0.15) is 11.4 Å².